The van der Waals surface area contributed by atoms with E-state index in [2.05, 4.69) is 10.3 Å². The lowest BCUT2D eigenvalue weighted by molar-refractivity contribution is 0.0698. The average molecular weight is 435 g/mol. The van der Waals surface area contributed by atoms with Gasteiger partial charge in [0, 0.05) is 11.6 Å². The summed E-state index contributed by atoms with van der Waals surface area (Å²) in [6.07, 6.45) is 2.43. The number of nitrogens with zero attached hydrogens (tertiary/aromatic N) is 3. The van der Waals surface area contributed by atoms with Crippen molar-refractivity contribution in [2.75, 3.05) is 12.4 Å². The molecule has 0 unspecified atom stereocenters. The van der Waals surface area contributed by atoms with E-state index in [1.165, 1.54) is 11.3 Å². The summed E-state index contributed by atoms with van der Waals surface area (Å²) in [5.74, 6) is 0.299. The monoisotopic (exact) mass is 434 g/mol. The molecule has 0 radical (unpaired) electrons. The first-order chi connectivity index (χ1) is 15.0. The second kappa shape index (κ2) is 8.61. The number of nitrogens with one attached hydrogen (secondary N) is 1. The van der Waals surface area contributed by atoms with Gasteiger partial charge in [-0.15, -0.1) is 11.3 Å². The van der Waals surface area contributed by atoms with Gasteiger partial charge in [-0.2, -0.15) is 5.10 Å². The maximum absolute atomic E-state index is 11.9. The Bertz CT molecular complexity index is 1230. The van der Waals surface area contributed by atoms with Gasteiger partial charge in [0.1, 0.15) is 22.3 Å². The van der Waals surface area contributed by atoms with Crippen LogP contribution in [-0.2, 0) is 6.42 Å². The zero-order chi connectivity index (χ0) is 22.0. The van der Waals surface area contributed by atoms with Crippen LogP contribution in [0.25, 0.3) is 16.3 Å². The van der Waals surface area contributed by atoms with Crippen molar-refractivity contribution in [3.8, 4) is 22.0 Å². The molecule has 2 aromatic heterocycles. The SMILES string of the molecule is CCc1nn(-c2ccccc2OC)c(Nc2ccc(C)cc2C(=O)O)c1-c1nccs1. The number of carboxylic acid groups (broad SMARTS) is 1. The van der Waals surface area contributed by atoms with E-state index in [4.69, 9.17) is 9.84 Å². The third-order valence-corrected chi connectivity index (χ3v) is 5.70. The van der Waals surface area contributed by atoms with Crippen molar-refractivity contribution in [3.05, 3.63) is 70.9 Å². The van der Waals surface area contributed by atoms with E-state index in [0.29, 0.717) is 23.7 Å². The van der Waals surface area contributed by atoms with Crippen LogP contribution in [0, 0.1) is 6.92 Å². The van der Waals surface area contributed by atoms with Crippen molar-refractivity contribution in [3.63, 3.8) is 0 Å². The normalized spacial score (nSPS) is 10.8. The van der Waals surface area contributed by atoms with Crippen LogP contribution in [0.4, 0.5) is 11.5 Å². The molecule has 7 nitrogen and oxygen atoms in total. The Morgan fingerprint density at radius 2 is 2.06 bits per heavy atom. The van der Waals surface area contributed by atoms with Crippen molar-refractivity contribution in [1.29, 1.82) is 0 Å². The summed E-state index contributed by atoms with van der Waals surface area (Å²) in [5, 5.41) is 20.7. The minimum absolute atomic E-state index is 0.191. The molecular weight excluding hydrogens is 412 g/mol. The summed E-state index contributed by atoms with van der Waals surface area (Å²) in [4.78, 5) is 16.4. The zero-order valence-electron chi connectivity index (χ0n) is 17.4. The molecule has 4 rings (SSSR count). The van der Waals surface area contributed by atoms with E-state index < -0.39 is 5.97 Å². The number of rotatable bonds is 7. The second-order valence-electron chi connectivity index (χ2n) is 6.92. The standard InChI is InChI=1S/C23H22N4O3S/c1-4-16-20(22-24-11-12-31-22)21(25-17-10-9-14(2)13-15(17)23(28)29)27(26-16)18-7-5-6-8-19(18)30-3/h5-13,25H,4H2,1-3H3,(H,28,29). The highest BCUT2D eigenvalue weighted by Gasteiger charge is 2.24. The van der Waals surface area contributed by atoms with Crippen molar-refractivity contribution < 1.29 is 14.6 Å². The molecule has 0 bridgehead atoms. The van der Waals surface area contributed by atoms with Crippen LogP contribution in [0.15, 0.2) is 54.0 Å². The fraction of sp³-hybridized carbons (Fsp3) is 0.174. The molecule has 0 aliphatic rings. The molecular formula is C23H22N4O3S. The Balaban J connectivity index is 1.98. The Morgan fingerprint density at radius 3 is 2.74 bits per heavy atom. The highest BCUT2D eigenvalue weighted by atomic mass is 32.1. The molecule has 2 aromatic carbocycles. The van der Waals surface area contributed by atoms with Crippen LogP contribution in [0.1, 0.15) is 28.5 Å². The largest absolute Gasteiger partial charge is 0.494 e. The molecule has 0 spiro atoms. The van der Waals surface area contributed by atoms with Gasteiger partial charge in [-0.25, -0.2) is 14.5 Å². The number of hydrogen-bond acceptors (Lipinski definition) is 6. The topological polar surface area (TPSA) is 89.3 Å². The molecule has 2 N–H and O–H groups in total. The number of anilines is 2. The van der Waals surface area contributed by atoms with Crippen LogP contribution >= 0.6 is 11.3 Å². The highest BCUT2D eigenvalue weighted by Crippen LogP contribution is 2.39. The quantitative estimate of drug-likeness (QED) is 0.409. The molecule has 8 heteroatoms. The number of benzene rings is 2. The Hall–Kier alpha value is -3.65. The molecule has 158 valence electrons. The molecule has 4 aromatic rings. The summed E-state index contributed by atoms with van der Waals surface area (Å²) < 4.78 is 7.32. The lowest BCUT2D eigenvalue weighted by atomic mass is 10.1. The predicted octanol–water partition coefficient (Wildman–Crippen LogP) is 5.32. The first-order valence-electron chi connectivity index (χ1n) is 9.79. The first-order valence-corrected chi connectivity index (χ1v) is 10.7. The van der Waals surface area contributed by atoms with Crippen molar-refractivity contribution >= 4 is 28.8 Å². The maximum Gasteiger partial charge on any atom is 0.337 e. The number of thiazole rings is 1. The summed E-state index contributed by atoms with van der Waals surface area (Å²) in [5.41, 5.74) is 3.99. The smallest absolute Gasteiger partial charge is 0.337 e. The van der Waals surface area contributed by atoms with Crippen molar-refractivity contribution in [1.82, 2.24) is 14.8 Å². The average Bonchev–Trinajstić information content (AvgIpc) is 3.42. The zero-order valence-corrected chi connectivity index (χ0v) is 18.2. The van der Waals surface area contributed by atoms with E-state index in [-0.39, 0.29) is 5.56 Å². The van der Waals surface area contributed by atoms with Gasteiger partial charge in [0.15, 0.2) is 0 Å². The third kappa shape index (κ3) is 3.89. The van der Waals surface area contributed by atoms with E-state index >= 15 is 0 Å². The lowest BCUT2D eigenvalue weighted by Gasteiger charge is -2.15. The van der Waals surface area contributed by atoms with Gasteiger partial charge in [0.25, 0.3) is 0 Å². The molecule has 0 aliphatic heterocycles. The number of para-hydroxylation sites is 2. The summed E-state index contributed by atoms with van der Waals surface area (Å²) >= 11 is 1.51. The molecule has 0 saturated carbocycles. The van der Waals surface area contributed by atoms with E-state index in [9.17, 15) is 9.90 Å². The van der Waals surface area contributed by atoms with Crippen LogP contribution in [-0.4, -0.2) is 33.0 Å². The van der Waals surface area contributed by atoms with Gasteiger partial charge < -0.3 is 15.2 Å². The molecule has 0 saturated heterocycles. The fourth-order valence-electron chi connectivity index (χ4n) is 3.45. The van der Waals surface area contributed by atoms with Crippen LogP contribution in [0.5, 0.6) is 5.75 Å². The van der Waals surface area contributed by atoms with Crippen LogP contribution < -0.4 is 10.1 Å². The van der Waals surface area contributed by atoms with Crippen LogP contribution in [0.3, 0.4) is 0 Å². The minimum Gasteiger partial charge on any atom is -0.494 e. The third-order valence-electron chi connectivity index (χ3n) is 4.91. The number of carboxylic acids is 1. The molecule has 2 heterocycles. The van der Waals surface area contributed by atoms with Crippen molar-refractivity contribution in [2.24, 2.45) is 0 Å². The number of carbonyl (C=O) groups is 1. The summed E-state index contributed by atoms with van der Waals surface area (Å²) in [6.45, 7) is 3.90. The van der Waals surface area contributed by atoms with Gasteiger partial charge in [-0.1, -0.05) is 30.7 Å². The minimum atomic E-state index is -0.999. The van der Waals surface area contributed by atoms with E-state index in [0.717, 1.165) is 27.5 Å². The molecule has 0 fully saturated rings. The molecule has 0 amide bonds. The molecule has 31 heavy (non-hydrogen) atoms. The fourth-order valence-corrected chi connectivity index (χ4v) is 4.15. The van der Waals surface area contributed by atoms with Gasteiger partial charge >= 0.3 is 5.97 Å². The predicted molar refractivity (Wildman–Crippen MR) is 122 cm³/mol. The molecule has 0 aliphatic carbocycles. The number of ether oxygens (including phenoxy) is 1. The first kappa shape index (κ1) is 20.6. The summed E-state index contributed by atoms with van der Waals surface area (Å²) in [7, 11) is 1.61. The Kier molecular flexibility index (Phi) is 5.73. The number of aryl methyl sites for hydroxylation is 2. The van der Waals surface area contributed by atoms with Gasteiger partial charge in [0.05, 0.1) is 29.6 Å². The number of methoxy groups -OCH3 is 1. The lowest BCUT2D eigenvalue weighted by Crippen LogP contribution is -2.08. The summed E-state index contributed by atoms with van der Waals surface area (Å²) in [6, 6.07) is 12.9. The number of aromatic carboxylic acids is 1. The maximum atomic E-state index is 11.9. The number of hydrogen-bond donors (Lipinski definition) is 2. The second-order valence-corrected chi connectivity index (χ2v) is 7.82. The van der Waals surface area contributed by atoms with E-state index in [1.54, 1.807) is 30.1 Å². The number of aromatic nitrogens is 3. The highest BCUT2D eigenvalue weighted by molar-refractivity contribution is 7.13. The molecule has 0 atom stereocenters. The Labute approximate surface area is 184 Å². The van der Waals surface area contributed by atoms with Crippen LogP contribution in [0.2, 0.25) is 0 Å². The van der Waals surface area contributed by atoms with Crippen molar-refractivity contribution in [2.45, 2.75) is 20.3 Å². The van der Waals surface area contributed by atoms with E-state index in [1.807, 2.05) is 49.6 Å². The van der Waals surface area contributed by atoms with Gasteiger partial charge in [0.2, 0.25) is 0 Å². The van der Waals surface area contributed by atoms with Gasteiger partial charge in [-0.3, -0.25) is 0 Å². The van der Waals surface area contributed by atoms with Gasteiger partial charge in [-0.05, 0) is 37.6 Å². The Morgan fingerprint density at radius 1 is 1.26 bits per heavy atom.